The number of fused-ring (bicyclic) bond motifs is 1. The van der Waals surface area contributed by atoms with Gasteiger partial charge in [0.25, 0.3) is 5.91 Å². The predicted molar refractivity (Wildman–Crippen MR) is 133 cm³/mol. The quantitative estimate of drug-likeness (QED) is 0.491. The maximum atomic E-state index is 13.2. The monoisotopic (exact) mass is 464 g/mol. The number of hydrogen-bond donors (Lipinski definition) is 1. The molecule has 35 heavy (non-hydrogen) atoms. The lowest BCUT2D eigenvalue weighted by Crippen LogP contribution is -2.51. The molecule has 1 amide bonds. The molecule has 1 aliphatic rings. The lowest BCUT2D eigenvalue weighted by atomic mass is 9.99. The number of piperazine rings is 1. The second-order valence-electron chi connectivity index (χ2n) is 8.53. The molecule has 174 valence electrons. The molecule has 2 aromatic heterocycles. The molecular weight excluding hydrogens is 440 g/mol. The van der Waals surface area contributed by atoms with Crippen molar-refractivity contribution in [2.24, 2.45) is 0 Å². The highest BCUT2D eigenvalue weighted by Crippen LogP contribution is 2.31. The van der Waals surface area contributed by atoms with Gasteiger partial charge in [0.05, 0.1) is 18.3 Å². The molecule has 1 aliphatic heterocycles. The molecule has 3 heterocycles. The molecular formula is C27H24N6O2. The number of amides is 1. The van der Waals surface area contributed by atoms with E-state index in [4.69, 9.17) is 4.74 Å². The Morgan fingerprint density at radius 2 is 2.00 bits per heavy atom. The van der Waals surface area contributed by atoms with Gasteiger partial charge >= 0.3 is 0 Å². The van der Waals surface area contributed by atoms with Crippen LogP contribution in [0.3, 0.4) is 0 Å². The largest absolute Gasteiger partial charge is 0.480 e. The first-order valence-electron chi connectivity index (χ1n) is 11.4. The molecule has 1 atom stereocenters. The van der Waals surface area contributed by atoms with E-state index in [1.807, 2.05) is 47.4 Å². The first kappa shape index (κ1) is 22.4. The number of nitriles is 1. The van der Waals surface area contributed by atoms with Crippen LogP contribution in [0.25, 0.3) is 33.3 Å². The number of rotatable bonds is 4. The van der Waals surface area contributed by atoms with E-state index in [2.05, 4.69) is 33.3 Å². The van der Waals surface area contributed by atoms with Crippen molar-refractivity contribution in [3.63, 3.8) is 0 Å². The van der Waals surface area contributed by atoms with Crippen LogP contribution in [-0.4, -0.2) is 58.5 Å². The number of nitrogens with one attached hydrogen (secondary N) is 1. The number of carbonyl (C=O) groups excluding carboxylic acids is 1. The van der Waals surface area contributed by atoms with Crippen molar-refractivity contribution in [1.82, 2.24) is 25.2 Å². The number of hydrogen-bond acceptors (Lipinski definition) is 7. The molecule has 5 rings (SSSR count). The van der Waals surface area contributed by atoms with Crippen molar-refractivity contribution >= 4 is 16.8 Å². The van der Waals surface area contributed by atoms with Gasteiger partial charge in [0.1, 0.15) is 18.0 Å². The van der Waals surface area contributed by atoms with Gasteiger partial charge in [0, 0.05) is 53.9 Å². The molecule has 1 N–H and O–H groups in total. The van der Waals surface area contributed by atoms with E-state index in [1.165, 1.54) is 13.4 Å². The topological polar surface area (TPSA) is 104 Å². The lowest BCUT2D eigenvalue weighted by molar-refractivity contribution is 0.0709. The normalized spacial score (nSPS) is 15.6. The summed E-state index contributed by atoms with van der Waals surface area (Å²) in [6.45, 7) is 4.25. The molecule has 1 fully saturated rings. The van der Waals surface area contributed by atoms with Crippen LogP contribution in [0.5, 0.6) is 5.88 Å². The zero-order chi connectivity index (χ0) is 24.4. The van der Waals surface area contributed by atoms with Crippen molar-refractivity contribution in [3.05, 3.63) is 72.2 Å². The Morgan fingerprint density at radius 1 is 1.11 bits per heavy atom. The minimum absolute atomic E-state index is 0.0209. The van der Waals surface area contributed by atoms with E-state index < -0.39 is 0 Å². The fourth-order valence-corrected chi connectivity index (χ4v) is 4.42. The number of nitrogens with zero attached hydrogens (tertiary/aromatic N) is 5. The second kappa shape index (κ2) is 9.49. The molecule has 0 saturated carbocycles. The Kier molecular flexibility index (Phi) is 6.08. The van der Waals surface area contributed by atoms with Gasteiger partial charge in [0.2, 0.25) is 5.88 Å². The SMILES string of the molecule is COc1ncc(-c2ccc3ncnc(-c4cccc(C(=O)N5CCN[C@H](C)C5)c4)c3c2)cc1C#N. The summed E-state index contributed by atoms with van der Waals surface area (Å²) in [6, 6.07) is 17.6. The van der Waals surface area contributed by atoms with Crippen LogP contribution in [0.1, 0.15) is 22.8 Å². The van der Waals surface area contributed by atoms with Gasteiger partial charge in [-0.25, -0.2) is 15.0 Å². The Bertz CT molecular complexity index is 1460. The molecule has 0 radical (unpaired) electrons. The first-order valence-corrected chi connectivity index (χ1v) is 11.4. The zero-order valence-corrected chi connectivity index (χ0v) is 19.5. The summed E-state index contributed by atoms with van der Waals surface area (Å²) in [5.74, 6) is 0.314. The predicted octanol–water partition coefficient (Wildman–Crippen LogP) is 3.67. The third-order valence-electron chi connectivity index (χ3n) is 6.17. The first-order chi connectivity index (χ1) is 17.1. The molecule has 8 nitrogen and oxygen atoms in total. The Morgan fingerprint density at radius 3 is 2.80 bits per heavy atom. The Hall–Kier alpha value is -4.35. The highest BCUT2D eigenvalue weighted by molar-refractivity contribution is 5.98. The standard InChI is InChI=1S/C27H24N6O2/c1-17-15-33(9-8-29-17)27(34)20-5-3-4-19(10-20)25-23-12-18(6-7-24(23)31-16-32-25)22-11-21(13-28)26(35-2)30-14-22/h3-7,10-12,14,16-17,29H,8-9,15H2,1-2H3/t17-/m1/s1. The van der Waals surface area contributed by atoms with Gasteiger partial charge < -0.3 is 15.0 Å². The minimum Gasteiger partial charge on any atom is -0.480 e. The number of aromatic nitrogens is 3. The molecule has 2 aromatic carbocycles. The fraction of sp³-hybridized carbons (Fsp3) is 0.222. The van der Waals surface area contributed by atoms with E-state index in [9.17, 15) is 10.1 Å². The summed E-state index contributed by atoms with van der Waals surface area (Å²) < 4.78 is 5.17. The molecule has 0 aliphatic carbocycles. The van der Waals surface area contributed by atoms with E-state index in [1.54, 1.807) is 12.3 Å². The van der Waals surface area contributed by atoms with E-state index in [-0.39, 0.29) is 11.9 Å². The van der Waals surface area contributed by atoms with E-state index >= 15 is 0 Å². The number of benzene rings is 2. The summed E-state index contributed by atoms with van der Waals surface area (Å²) >= 11 is 0. The van der Waals surface area contributed by atoms with Crippen molar-refractivity contribution in [3.8, 4) is 34.3 Å². The van der Waals surface area contributed by atoms with E-state index in [0.717, 1.165) is 39.8 Å². The van der Waals surface area contributed by atoms with Crippen LogP contribution in [-0.2, 0) is 0 Å². The van der Waals surface area contributed by atoms with Crippen LogP contribution < -0.4 is 10.1 Å². The second-order valence-corrected chi connectivity index (χ2v) is 8.53. The van der Waals surface area contributed by atoms with Crippen LogP contribution in [0.15, 0.2) is 61.1 Å². The summed E-state index contributed by atoms with van der Waals surface area (Å²) in [5, 5.41) is 13.7. The van der Waals surface area contributed by atoms with Gasteiger partial charge in [-0.05, 0) is 42.8 Å². The van der Waals surface area contributed by atoms with E-state index in [0.29, 0.717) is 30.1 Å². The highest BCUT2D eigenvalue weighted by atomic mass is 16.5. The zero-order valence-electron chi connectivity index (χ0n) is 19.5. The Labute approximate surface area is 203 Å². The smallest absolute Gasteiger partial charge is 0.253 e. The summed E-state index contributed by atoms with van der Waals surface area (Å²) in [5.41, 5.74) is 5.03. The summed E-state index contributed by atoms with van der Waals surface area (Å²) in [6.07, 6.45) is 3.21. The molecule has 0 unspecified atom stereocenters. The van der Waals surface area contributed by atoms with Gasteiger partial charge in [-0.1, -0.05) is 18.2 Å². The fourth-order valence-electron chi connectivity index (χ4n) is 4.42. The van der Waals surface area contributed by atoms with Crippen molar-refractivity contribution < 1.29 is 9.53 Å². The molecule has 1 saturated heterocycles. The average Bonchev–Trinajstić information content (AvgIpc) is 2.91. The Balaban J connectivity index is 1.55. The number of pyridine rings is 1. The highest BCUT2D eigenvalue weighted by Gasteiger charge is 2.22. The molecule has 8 heteroatoms. The van der Waals surface area contributed by atoms with Crippen LogP contribution >= 0.6 is 0 Å². The maximum absolute atomic E-state index is 13.2. The average molecular weight is 465 g/mol. The van der Waals surface area contributed by atoms with Gasteiger partial charge in [-0.15, -0.1) is 0 Å². The number of methoxy groups -OCH3 is 1. The van der Waals surface area contributed by atoms with Crippen molar-refractivity contribution in [2.45, 2.75) is 13.0 Å². The third-order valence-corrected chi connectivity index (χ3v) is 6.17. The minimum atomic E-state index is 0.0209. The van der Waals surface area contributed by atoms with Crippen LogP contribution in [0.4, 0.5) is 0 Å². The number of ether oxygens (including phenoxy) is 1. The van der Waals surface area contributed by atoms with Gasteiger partial charge in [-0.2, -0.15) is 5.26 Å². The van der Waals surface area contributed by atoms with Crippen LogP contribution in [0, 0.1) is 11.3 Å². The molecule has 0 bridgehead atoms. The van der Waals surface area contributed by atoms with Crippen molar-refractivity contribution in [1.29, 1.82) is 5.26 Å². The lowest BCUT2D eigenvalue weighted by Gasteiger charge is -2.32. The summed E-state index contributed by atoms with van der Waals surface area (Å²) in [7, 11) is 1.49. The maximum Gasteiger partial charge on any atom is 0.253 e. The van der Waals surface area contributed by atoms with Gasteiger partial charge in [0.15, 0.2) is 0 Å². The van der Waals surface area contributed by atoms with Crippen LogP contribution in [0.2, 0.25) is 0 Å². The van der Waals surface area contributed by atoms with Gasteiger partial charge in [-0.3, -0.25) is 4.79 Å². The number of carbonyl (C=O) groups is 1. The van der Waals surface area contributed by atoms with Crippen molar-refractivity contribution in [2.75, 3.05) is 26.7 Å². The molecule has 4 aromatic rings. The summed E-state index contributed by atoms with van der Waals surface area (Å²) in [4.78, 5) is 28.3. The third kappa shape index (κ3) is 4.42. The molecule has 0 spiro atoms.